The molecule has 2 saturated heterocycles. The van der Waals surface area contributed by atoms with Gasteiger partial charge in [0.05, 0.1) is 23.5 Å². The van der Waals surface area contributed by atoms with E-state index >= 15 is 0 Å². The highest BCUT2D eigenvalue weighted by Gasteiger charge is 2.46. The van der Waals surface area contributed by atoms with Gasteiger partial charge in [-0.3, -0.25) is 4.90 Å². The fourth-order valence-corrected chi connectivity index (χ4v) is 4.94. The number of benzene rings is 1. The first-order valence-corrected chi connectivity index (χ1v) is 9.52. The Morgan fingerprint density at radius 2 is 2.00 bits per heavy atom. The quantitative estimate of drug-likeness (QED) is 0.846. The van der Waals surface area contributed by atoms with Crippen LogP contribution < -0.4 is 0 Å². The van der Waals surface area contributed by atoms with Gasteiger partial charge in [-0.25, -0.2) is 8.78 Å². The Morgan fingerprint density at radius 3 is 2.61 bits per heavy atom. The van der Waals surface area contributed by atoms with Crippen molar-refractivity contribution in [2.24, 2.45) is 0 Å². The fraction of sp³-hybridized carbons (Fsp3) is 0.476. The maximum Gasteiger partial charge on any atom is 0.184 e. The summed E-state index contributed by atoms with van der Waals surface area (Å²) in [5, 5.41) is 29.8. The number of hydrogen-bond donors (Lipinski definition) is 2. The standard InChI is InChI=1S/C21H23F2N3O2/c1-11-7-15(19(28)10-25-14-4-6-16(25)18(27)8-14)12(2)26(11)17-5-3-13(9-24)20(22)21(17)23/h3,5,7,14,16,18-19,27-28H,4,6,8,10H2,1-2H3/t14?,16?,18-,19?/m0/s1. The van der Waals surface area contributed by atoms with Crippen LogP contribution >= 0.6 is 0 Å². The molecule has 0 spiro atoms. The Bertz CT molecular complexity index is 966. The smallest absolute Gasteiger partial charge is 0.184 e. The van der Waals surface area contributed by atoms with E-state index in [2.05, 4.69) is 4.90 Å². The number of rotatable bonds is 4. The number of nitriles is 1. The van der Waals surface area contributed by atoms with Gasteiger partial charge in [-0.05, 0) is 51.3 Å². The molecule has 3 unspecified atom stereocenters. The van der Waals surface area contributed by atoms with Gasteiger partial charge >= 0.3 is 0 Å². The molecule has 2 N–H and O–H groups in total. The van der Waals surface area contributed by atoms with Crippen molar-refractivity contribution in [3.63, 3.8) is 0 Å². The summed E-state index contributed by atoms with van der Waals surface area (Å²) in [5.74, 6) is -2.25. The second-order valence-corrected chi connectivity index (χ2v) is 7.85. The van der Waals surface area contributed by atoms with Crippen LogP contribution in [-0.2, 0) is 0 Å². The number of fused-ring (bicyclic) bond motifs is 2. The zero-order valence-electron chi connectivity index (χ0n) is 15.9. The minimum atomic E-state index is -1.17. The molecule has 4 atom stereocenters. The third-order valence-corrected chi connectivity index (χ3v) is 6.28. The molecule has 28 heavy (non-hydrogen) atoms. The Kier molecular flexibility index (Phi) is 4.74. The molecule has 0 aliphatic carbocycles. The number of aliphatic hydroxyl groups is 2. The number of aliphatic hydroxyl groups excluding tert-OH is 2. The second-order valence-electron chi connectivity index (χ2n) is 7.85. The van der Waals surface area contributed by atoms with Crippen molar-refractivity contribution in [3.05, 3.63) is 52.3 Å². The van der Waals surface area contributed by atoms with E-state index in [1.807, 2.05) is 0 Å². The maximum atomic E-state index is 14.5. The Labute approximate surface area is 162 Å². The summed E-state index contributed by atoms with van der Waals surface area (Å²) < 4.78 is 30.2. The third-order valence-electron chi connectivity index (χ3n) is 6.28. The molecule has 3 heterocycles. The number of hydrogen-bond acceptors (Lipinski definition) is 4. The molecular formula is C21H23F2N3O2. The van der Waals surface area contributed by atoms with E-state index < -0.39 is 17.7 Å². The zero-order chi connectivity index (χ0) is 20.2. The summed E-state index contributed by atoms with van der Waals surface area (Å²) in [5.41, 5.74) is 1.62. The molecule has 2 fully saturated rings. The first-order valence-electron chi connectivity index (χ1n) is 9.52. The molecule has 148 valence electrons. The van der Waals surface area contributed by atoms with E-state index in [-0.39, 0.29) is 23.4 Å². The molecule has 2 aliphatic rings. The Morgan fingerprint density at radius 1 is 1.25 bits per heavy atom. The lowest BCUT2D eigenvalue weighted by atomic mass is 9.98. The van der Waals surface area contributed by atoms with E-state index in [0.29, 0.717) is 29.5 Å². The van der Waals surface area contributed by atoms with Crippen molar-refractivity contribution in [1.82, 2.24) is 9.47 Å². The SMILES string of the molecule is Cc1cc(C(O)CN2C3CCC2[C@@H](O)C3)c(C)n1-c1ccc(C#N)c(F)c1F. The van der Waals surface area contributed by atoms with Crippen LogP contribution in [0.5, 0.6) is 0 Å². The lowest BCUT2D eigenvalue weighted by Gasteiger charge is -2.25. The first-order chi connectivity index (χ1) is 13.3. The molecule has 4 rings (SSSR count). The van der Waals surface area contributed by atoms with Gasteiger partial charge < -0.3 is 14.8 Å². The number of aromatic nitrogens is 1. The van der Waals surface area contributed by atoms with Crippen LogP contribution in [0.25, 0.3) is 5.69 Å². The van der Waals surface area contributed by atoms with Crippen LogP contribution in [0.2, 0.25) is 0 Å². The number of nitrogens with zero attached hydrogens (tertiary/aromatic N) is 3. The van der Waals surface area contributed by atoms with Crippen molar-refractivity contribution in [1.29, 1.82) is 5.26 Å². The molecule has 2 bridgehead atoms. The van der Waals surface area contributed by atoms with Crippen molar-refractivity contribution in [2.45, 2.75) is 57.4 Å². The van der Waals surface area contributed by atoms with Gasteiger partial charge in [0.15, 0.2) is 11.6 Å². The van der Waals surface area contributed by atoms with Gasteiger partial charge in [0.25, 0.3) is 0 Å². The summed E-state index contributed by atoms with van der Waals surface area (Å²) in [7, 11) is 0. The van der Waals surface area contributed by atoms with Crippen molar-refractivity contribution in [3.8, 4) is 11.8 Å². The molecular weight excluding hydrogens is 364 g/mol. The monoisotopic (exact) mass is 387 g/mol. The van der Waals surface area contributed by atoms with Crippen LogP contribution in [-0.4, -0.2) is 44.4 Å². The van der Waals surface area contributed by atoms with Crippen molar-refractivity contribution < 1.29 is 19.0 Å². The molecule has 1 aromatic heterocycles. The average Bonchev–Trinajstić information content (AvgIpc) is 3.28. The highest BCUT2D eigenvalue weighted by Crippen LogP contribution is 2.39. The average molecular weight is 387 g/mol. The van der Waals surface area contributed by atoms with E-state index in [1.54, 1.807) is 30.6 Å². The van der Waals surface area contributed by atoms with Crippen LogP contribution in [0, 0.1) is 36.8 Å². The molecule has 1 aromatic carbocycles. The number of halogens is 2. The summed E-state index contributed by atoms with van der Waals surface area (Å²) >= 11 is 0. The van der Waals surface area contributed by atoms with Gasteiger partial charge in [0, 0.05) is 35.6 Å². The zero-order valence-corrected chi connectivity index (χ0v) is 15.9. The maximum absolute atomic E-state index is 14.5. The largest absolute Gasteiger partial charge is 0.391 e. The van der Waals surface area contributed by atoms with Crippen LogP contribution in [0.4, 0.5) is 8.78 Å². The molecule has 0 amide bonds. The van der Waals surface area contributed by atoms with Crippen LogP contribution in [0.15, 0.2) is 18.2 Å². The summed E-state index contributed by atoms with van der Waals surface area (Å²) in [6.07, 6.45) is 1.58. The third kappa shape index (κ3) is 2.84. The van der Waals surface area contributed by atoms with Gasteiger partial charge in [0.1, 0.15) is 6.07 Å². The van der Waals surface area contributed by atoms with Crippen molar-refractivity contribution in [2.75, 3.05) is 6.54 Å². The Hall–Kier alpha value is -2.27. The summed E-state index contributed by atoms with van der Waals surface area (Å²) in [4.78, 5) is 2.17. The van der Waals surface area contributed by atoms with Gasteiger partial charge in [-0.15, -0.1) is 0 Å². The minimum absolute atomic E-state index is 0.0154. The van der Waals surface area contributed by atoms with E-state index in [0.717, 1.165) is 19.3 Å². The molecule has 7 heteroatoms. The topological polar surface area (TPSA) is 72.4 Å². The summed E-state index contributed by atoms with van der Waals surface area (Å²) in [6, 6.07) is 6.44. The molecule has 2 aromatic rings. The van der Waals surface area contributed by atoms with Gasteiger partial charge in [-0.1, -0.05) is 0 Å². The predicted molar refractivity (Wildman–Crippen MR) is 99.0 cm³/mol. The van der Waals surface area contributed by atoms with E-state index in [9.17, 15) is 19.0 Å². The fourth-order valence-electron chi connectivity index (χ4n) is 4.94. The molecule has 2 aliphatic heterocycles. The summed E-state index contributed by atoms with van der Waals surface area (Å²) in [6.45, 7) is 3.93. The minimum Gasteiger partial charge on any atom is -0.391 e. The molecule has 0 radical (unpaired) electrons. The lowest BCUT2D eigenvalue weighted by molar-refractivity contribution is 0.0797. The lowest BCUT2D eigenvalue weighted by Crippen LogP contribution is -2.35. The predicted octanol–water partition coefficient (Wildman–Crippen LogP) is 2.88. The molecule has 0 saturated carbocycles. The first kappa shape index (κ1) is 19.1. The normalized spacial score (nSPS) is 25.2. The number of aryl methyl sites for hydroxylation is 1. The van der Waals surface area contributed by atoms with Gasteiger partial charge in [0.2, 0.25) is 0 Å². The van der Waals surface area contributed by atoms with E-state index in [1.165, 1.54) is 12.1 Å². The highest BCUT2D eigenvalue weighted by molar-refractivity contribution is 5.47. The highest BCUT2D eigenvalue weighted by atomic mass is 19.2. The second kappa shape index (κ2) is 6.96. The van der Waals surface area contributed by atoms with Crippen LogP contribution in [0.3, 0.4) is 0 Å². The molecule has 5 nitrogen and oxygen atoms in total. The van der Waals surface area contributed by atoms with E-state index in [4.69, 9.17) is 5.26 Å². The van der Waals surface area contributed by atoms with Gasteiger partial charge in [-0.2, -0.15) is 5.26 Å². The Balaban J connectivity index is 1.65. The van der Waals surface area contributed by atoms with Crippen LogP contribution in [0.1, 0.15) is 47.9 Å². The van der Waals surface area contributed by atoms with Crippen molar-refractivity contribution >= 4 is 0 Å².